The molecule has 0 fully saturated rings. The summed E-state index contributed by atoms with van der Waals surface area (Å²) in [6.07, 6.45) is 1.02. The Labute approximate surface area is 130 Å². The highest BCUT2D eigenvalue weighted by molar-refractivity contribution is 9.10. The van der Waals surface area contributed by atoms with E-state index in [9.17, 15) is 0 Å². The van der Waals surface area contributed by atoms with Crippen LogP contribution in [0, 0.1) is 20.8 Å². The molecule has 1 atom stereocenters. The van der Waals surface area contributed by atoms with Gasteiger partial charge in [-0.3, -0.25) is 0 Å². The molecule has 2 aromatic rings. The number of aryl methyl sites for hydroxylation is 3. The molecule has 1 unspecified atom stereocenters. The molecule has 0 spiro atoms. The molecule has 0 heterocycles. The predicted octanol–water partition coefficient (Wildman–Crippen LogP) is 4.88. The Morgan fingerprint density at radius 2 is 1.65 bits per heavy atom. The van der Waals surface area contributed by atoms with Gasteiger partial charge >= 0.3 is 0 Å². The van der Waals surface area contributed by atoms with Crippen molar-refractivity contribution in [1.82, 2.24) is 5.32 Å². The fraction of sp³-hybridized carbons (Fsp3) is 0.333. The van der Waals surface area contributed by atoms with Crippen LogP contribution in [0.5, 0.6) is 0 Å². The maximum atomic E-state index is 3.63. The number of rotatable bonds is 4. The Kier molecular flexibility index (Phi) is 5.00. The van der Waals surface area contributed by atoms with Gasteiger partial charge in [0, 0.05) is 10.5 Å². The lowest BCUT2D eigenvalue weighted by atomic mass is 9.93. The molecule has 0 aromatic heterocycles. The van der Waals surface area contributed by atoms with Crippen LogP contribution >= 0.6 is 15.9 Å². The largest absolute Gasteiger partial charge is 0.313 e. The summed E-state index contributed by atoms with van der Waals surface area (Å²) in [6, 6.07) is 13.5. The molecule has 1 nitrogen and oxygen atoms in total. The summed E-state index contributed by atoms with van der Waals surface area (Å²) in [6.45, 7) is 6.51. The summed E-state index contributed by atoms with van der Waals surface area (Å²) in [5.41, 5.74) is 6.79. The fourth-order valence-electron chi connectivity index (χ4n) is 2.59. The van der Waals surface area contributed by atoms with Gasteiger partial charge in [-0.25, -0.2) is 0 Å². The van der Waals surface area contributed by atoms with E-state index in [0.717, 1.165) is 6.42 Å². The van der Waals surface area contributed by atoms with Crippen molar-refractivity contribution >= 4 is 15.9 Å². The standard InChI is InChI=1S/C18H22BrN/c1-12-6-5-7-13(2)16(12)11-18(20-4)15-9-8-14(3)17(19)10-15/h5-10,18,20H,11H2,1-4H3. The number of nitrogens with one attached hydrogen (secondary N) is 1. The van der Waals surface area contributed by atoms with Crippen molar-refractivity contribution < 1.29 is 0 Å². The lowest BCUT2D eigenvalue weighted by Crippen LogP contribution is -2.19. The second-order valence-electron chi connectivity index (χ2n) is 5.42. The van der Waals surface area contributed by atoms with Crippen molar-refractivity contribution in [3.8, 4) is 0 Å². The first-order valence-corrected chi connectivity index (χ1v) is 7.80. The molecular formula is C18H22BrN. The Hall–Kier alpha value is -1.12. The topological polar surface area (TPSA) is 12.0 Å². The molecule has 0 saturated heterocycles. The summed E-state index contributed by atoms with van der Waals surface area (Å²) in [4.78, 5) is 0. The van der Waals surface area contributed by atoms with Gasteiger partial charge in [0.2, 0.25) is 0 Å². The van der Waals surface area contributed by atoms with Crippen molar-refractivity contribution in [2.24, 2.45) is 0 Å². The van der Waals surface area contributed by atoms with Crippen LogP contribution in [0.1, 0.15) is 33.9 Å². The molecule has 20 heavy (non-hydrogen) atoms. The monoisotopic (exact) mass is 331 g/mol. The van der Waals surface area contributed by atoms with E-state index in [1.807, 2.05) is 7.05 Å². The van der Waals surface area contributed by atoms with Gasteiger partial charge in [-0.2, -0.15) is 0 Å². The van der Waals surface area contributed by atoms with Crippen LogP contribution in [0.25, 0.3) is 0 Å². The van der Waals surface area contributed by atoms with Gasteiger partial charge in [-0.1, -0.05) is 46.3 Å². The molecule has 106 valence electrons. The van der Waals surface area contributed by atoms with Crippen molar-refractivity contribution in [2.45, 2.75) is 33.2 Å². The zero-order valence-electron chi connectivity index (χ0n) is 12.6. The zero-order chi connectivity index (χ0) is 14.7. The molecule has 0 aliphatic rings. The second kappa shape index (κ2) is 6.55. The smallest absolute Gasteiger partial charge is 0.0358 e. The minimum atomic E-state index is 0.340. The number of hydrogen-bond donors (Lipinski definition) is 1. The average molecular weight is 332 g/mol. The lowest BCUT2D eigenvalue weighted by molar-refractivity contribution is 0.588. The molecule has 0 radical (unpaired) electrons. The number of halogens is 1. The molecule has 2 rings (SSSR count). The maximum Gasteiger partial charge on any atom is 0.0358 e. The molecule has 0 aliphatic heterocycles. The number of likely N-dealkylation sites (N-methyl/N-ethyl adjacent to an activating group) is 1. The quantitative estimate of drug-likeness (QED) is 0.842. The first-order chi connectivity index (χ1) is 9.52. The Balaban J connectivity index is 2.31. The van der Waals surface area contributed by atoms with E-state index in [-0.39, 0.29) is 0 Å². The molecule has 0 bridgehead atoms. The first-order valence-electron chi connectivity index (χ1n) is 7.01. The Bertz CT molecular complexity index is 584. The Morgan fingerprint density at radius 3 is 2.20 bits per heavy atom. The van der Waals surface area contributed by atoms with Gasteiger partial charge in [0.15, 0.2) is 0 Å². The minimum Gasteiger partial charge on any atom is -0.313 e. The van der Waals surface area contributed by atoms with Gasteiger partial charge in [-0.15, -0.1) is 0 Å². The molecule has 0 saturated carbocycles. The van der Waals surface area contributed by atoms with Crippen LogP contribution in [-0.4, -0.2) is 7.05 Å². The summed E-state index contributed by atoms with van der Waals surface area (Å²) >= 11 is 3.63. The number of benzene rings is 2. The van der Waals surface area contributed by atoms with Gasteiger partial charge in [0.05, 0.1) is 0 Å². The van der Waals surface area contributed by atoms with Crippen LogP contribution in [0.4, 0.5) is 0 Å². The van der Waals surface area contributed by atoms with E-state index in [1.165, 1.54) is 32.3 Å². The van der Waals surface area contributed by atoms with Crippen molar-refractivity contribution in [1.29, 1.82) is 0 Å². The van der Waals surface area contributed by atoms with Gasteiger partial charge < -0.3 is 5.32 Å². The van der Waals surface area contributed by atoms with E-state index in [1.54, 1.807) is 0 Å². The normalized spacial score (nSPS) is 12.4. The van der Waals surface area contributed by atoms with Crippen molar-refractivity contribution in [2.75, 3.05) is 7.05 Å². The van der Waals surface area contributed by atoms with Gasteiger partial charge in [0.25, 0.3) is 0 Å². The van der Waals surface area contributed by atoms with E-state index >= 15 is 0 Å². The third-order valence-corrected chi connectivity index (χ3v) is 4.85. The summed E-state index contributed by atoms with van der Waals surface area (Å²) < 4.78 is 1.18. The van der Waals surface area contributed by atoms with Crippen LogP contribution in [-0.2, 0) is 6.42 Å². The average Bonchev–Trinajstić information content (AvgIpc) is 2.42. The highest BCUT2D eigenvalue weighted by Gasteiger charge is 2.13. The highest BCUT2D eigenvalue weighted by Crippen LogP contribution is 2.26. The summed E-state index contributed by atoms with van der Waals surface area (Å²) in [5, 5.41) is 3.45. The third kappa shape index (κ3) is 3.31. The van der Waals surface area contributed by atoms with Gasteiger partial charge in [0.1, 0.15) is 0 Å². The Morgan fingerprint density at radius 1 is 1.00 bits per heavy atom. The maximum absolute atomic E-state index is 3.63. The number of hydrogen-bond acceptors (Lipinski definition) is 1. The molecule has 2 heteroatoms. The van der Waals surface area contributed by atoms with Crippen LogP contribution in [0.15, 0.2) is 40.9 Å². The minimum absolute atomic E-state index is 0.340. The summed E-state index contributed by atoms with van der Waals surface area (Å²) in [5.74, 6) is 0. The van der Waals surface area contributed by atoms with E-state index < -0.39 is 0 Å². The van der Waals surface area contributed by atoms with Crippen molar-refractivity contribution in [3.05, 3.63) is 68.7 Å². The summed E-state index contributed by atoms with van der Waals surface area (Å²) in [7, 11) is 2.03. The first kappa shape index (κ1) is 15.3. The van der Waals surface area contributed by atoms with Crippen LogP contribution in [0.3, 0.4) is 0 Å². The SMILES string of the molecule is CNC(Cc1c(C)cccc1C)c1ccc(C)c(Br)c1. The molecular weight excluding hydrogens is 310 g/mol. The zero-order valence-corrected chi connectivity index (χ0v) is 14.2. The second-order valence-corrected chi connectivity index (χ2v) is 6.28. The van der Waals surface area contributed by atoms with Gasteiger partial charge in [-0.05, 0) is 68.1 Å². The highest BCUT2D eigenvalue weighted by atomic mass is 79.9. The molecule has 1 N–H and O–H groups in total. The predicted molar refractivity (Wildman–Crippen MR) is 90.3 cm³/mol. The molecule has 0 aliphatic carbocycles. The van der Waals surface area contributed by atoms with Crippen LogP contribution in [0.2, 0.25) is 0 Å². The van der Waals surface area contributed by atoms with E-state index in [4.69, 9.17) is 0 Å². The van der Waals surface area contributed by atoms with Crippen LogP contribution < -0.4 is 5.32 Å². The van der Waals surface area contributed by atoms with E-state index in [2.05, 4.69) is 78.4 Å². The van der Waals surface area contributed by atoms with E-state index in [0.29, 0.717) is 6.04 Å². The lowest BCUT2D eigenvalue weighted by Gasteiger charge is -2.20. The molecule has 0 amide bonds. The fourth-order valence-corrected chi connectivity index (χ4v) is 2.98. The third-order valence-electron chi connectivity index (χ3n) is 4.00. The van der Waals surface area contributed by atoms with Crippen molar-refractivity contribution in [3.63, 3.8) is 0 Å². The molecule has 2 aromatic carbocycles.